The first-order chi connectivity index (χ1) is 13.2. The third kappa shape index (κ3) is 3.75. The van der Waals surface area contributed by atoms with E-state index < -0.39 is 0 Å². The maximum atomic E-state index is 12.8. The fourth-order valence-corrected chi connectivity index (χ4v) is 3.75. The highest BCUT2D eigenvalue weighted by Gasteiger charge is 2.30. The monoisotopic (exact) mass is 361 g/mol. The van der Waals surface area contributed by atoms with Crippen LogP contribution < -0.4 is 9.47 Å². The molecular formula is C23H23NO3. The predicted molar refractivity (Wildman–Crippen MR) is 106 cm³/mol. The van der Waals surface area contributed by atoms with E-state index >= 15 is 0 Å². The Morgan fingerprint density at radius 1 is 1.00 bits per heavy atom. The highest BCUT2D eigenvalue weighted by Crippen LogP contribution is 2.33. The van der Waals surface area contributed by atoms with Gasteiger partial charge in [-0.3, -0.25) is 4.79 Å². The Kier molecular flexibility index (Phi) is 4.97. The van der Waals surface area contributed by atoms with Crippen molar-refractivity contribution in [1.29, 1.82) is 0 Å². The molecule has 0 N–H and O–H groups in total. The maximum absolute atomic E-state index is 12.8. The largest absolute Gasteiger partial charge is 0.497 e. The van der Waals surface area contributed by atoms with Crippen LogP contribution in [0.1, 0.15) is 24.4 Å². The minimum Gasteiger partial charge on any atom is -0.497 e. The first-order valence-electron chi connectivity index (χ1n) is 9.29. The van der Waals surface area contributed by atoms with E-state index in [2.05, 4.69) is 12.1 Å². The van der Waals surface area contributed by atoms with Crippen LogP contribution in [0.25, 0.3) is 10.8 Å². The number of carbonyl (C=O) groups excluding carboxylic acids is 1. The molecule has 1 unspecified atom stereocenters. The van der Waals surface area contributed by atoms with Gasteiger partial charge in [0.05, 0.1) is 13.2 Å². The SMILES string of the molecule is COc1cccc(C2CCCN2C(=O)COc2ccc3ccccc3c2)c1. The molecule has 1 saturated heterocycles. The predicted octanol–water partition coefficient (Wildman–Crippen LogP) is 4.59. The molecule has 1 heterocycles. The summed E-state index contributed by atoms with van der Waals surface area (Å²) in [5.41, 5.74) is 1.12. The molecule has 1 atom stereocenters. The molecule has 4 rings (SSSR count). The summed E-state index contributed by atoms with van der Waals surface area (Å²) in [5.74, 6) is 1.56. The number of nitrogens with zero attached hydrogens (tertiary/aromatic N) is 1. The molecule has 0 bridgehead atoms. The highest BCUT2D eigenvalue weighted by atomic mass is 16.5. The van der Waals surface area contributed by atoms with E-state index in [1.165, 1.54) is 0 Å². The van der Waals surface area contributed by atoms with E-state index in [1.54, 1.807) is 7.11 Å². The third-order valence-corrected chi connectivity index (χ3v) is 5.13. The van der Waals surface area contributed by atoms with Crippen molar-refractivity contribution >= 4 is 16.7 Å². The van der Waals surface area contributed by atoms with Gasteiger partial charge in [0.15, 0.2) is 6.61 Å². The van der Waals surface area contributed by atoms with Crippen LogP contribution in [0, 0.1) is 0 Å². The summed E-state index contributed by atoms with van der Waals surface area (Å²) in [7, 11) is 1.66. The first-order valence-corrected chi connectivity index (χ1v) is 9.29. The average molecular weight is 361 g/mol. The van der Waals surface area contributed by atoms with E-state index in [4.69, 9.17) is 9.47 Å². The third-order valence-electron chi connectivity index (χ3n) is 5.13. The summed E-state index contributed by atoms with van der Waals surface area (Å²) in [6.45, 7) is 0.820. The van der Waals surface area contributed by atoms with Crippen LogP contribution in [-0.4, -0.2) is 31.1 Å². The van der Waals surface area contributed by atoms with Gasteiger partial charge in [-0.1, -0.05) is 42.5 Å². The van der Waals surface area contributed by atoms with Crippen LogP contribution in [0.3, 0.4) is 0 Å². The topological polar surface area (TPSA) is 38.8 Å². The van der Waals surface area contributed by atoms with Crippen LogP contribution in [0.2, 0.25) is 0 Å². The van der Waals surface area contributed by atoms with Gasteiger partial charge in [-0.2, -0.15) is 0 Å². The van der Waals surface area contributed by atoms with Crippen molar-refractivity contribution in [2.75, 3.05) is 20.3 Å². The summed E-state index contributed by atoms with van der Waals surface area (Å²) in [4.78, 5) is 14.7. The molecule has 1 aliphatic rings. The molecule has 1 amide bonds. The molecule has 4 nitrogen and oxygen atoms in total. The second kappa shape index (κ2) is 7.70. The van der Waals surface area contributed by atoms with Gasteiger partial charge < -0.3 is 14.4 Å². The number of carbonyl (C=O) groups is 1. The number of ether oxygens (including phenoxy) is 2. The second-order valence-electron chi connectivity index (χ2n) is 6.82. The molecule has 138 valence electrons. The standard InChI is InChI=1S/C23H23NO3/c1-26-20-9-4-8-19(15-20)22-10-5-13-24(22)23(25)16-27-21-12-11-17-6-2-3-7-18(17)14-21/h2-4,6-9,11-12,14-15,22H,5,10,13,16H2,1H3. The lowest BCUT2D eigenvalue weighted by atomic mass is 10.0. The lowest BCUT2D eigenvalue weighted by Crippen LogP contribution is -2.34. The van der Waals surface area contributed by atoms with Gasteiger partial charge >= 0.3 is 0 Å². The molecule has 0 radical (unpaired) electrons. The normalized spacial score (nSPS) is 16.5. The number of hydrogen-bond donors (Lipinski definition) is 0. The van der Waals surface area contributed by atoms with Crippen molar-refractivity contribution in [3.05, 3.63) is 72.3 Å². The zero-order valence-electron chi connectivity index (χ0n) is 15.4. The lowest BCUT2D eigenvalue weighted by Gasteiger charge is -2.25. The summed E-state index contributed by atoms with van der Waals surface area (Å²) >= 11 is 0. The molecule has 0 saturated carbocycles. The Hall–Kier alpha value is -3.01. The molecule has 3 aromatic carbocycles. The number of methoxy groups -OCH3 is 1. The van der Waals surface area contributed by atoms with Crippen molar-refractivity contribution in [2.45, 2.75) is 18.9 Å². The Morgan fingerprint density at radius 3 is 2.70 bits per heavy atom. The van der Waals surface area contributed by atoms with Gasteiger partial charge in [-0.25, -0.2) is 0 Å². The summed E-state index contributed by atoms with van der Waals surface area (Å²) in [6.07, 6.45) is 1.97. The van der Waals surface area contributed by atoms with Crippen molar-refractivity contribution < 1.29 is 14.3 Å². The maximum Gasteiger partial charge on any atom is 0.261 e. The first kappa shape index (κ1) is 17.4. The Labute approximate surface area is 159 Å². The molecule has 4 heteroatoms. The van der Waals surface area contributed by atoms with E-state index in [-0.39, 0.29) is 18.6 Å². The molecule has 1 fully saturated rings. The zero-order valence-corrected chi connectivity index (χ0v) is 15.4. The van der Waals surface area contributed by atoms with E-state index in [0.717, 1.165) is 47.2 Å². The number of likely N-dealkylation sites (tertiary alicyclic amines) is 1. The van der Waals surface area contributed by atoms with Gasteiger partial charge in [-0.15, -0.1) is 0 Å². The second-order valence-corrected chi connectivity index (χ2v) is 6.82. The van der Waals surface area contributed by atoms with Crippen molar-refractivity contribution in [1.82, 2.24) is 4.90 Å². The summed E-state index contributed by atoms with van der Waals surface area (Å²) in [5, 5.41) is 2.27. The summed E-state index contributed by atoms with van der Waals surface area (Å²) < 4.78 is 11.1. The highest BCUT2D eigenvalue weighted by molar-refractivity contribution is 5.84. The number of fused-ring (bicyclic) bond motifs is 1. The van der Waals surface area contributed by atoms with Crippen LogP contribution in [-0.2, 0) is 4.79 Å². The molecule has 27 heavy (non-hydrogen) atoms. The van der Waals surface area contributed by atoms with Crippen LogP contribution >= 0.6 is 0 Å². The lowest BCUT2D eigenvalue weighted by molar-refractivity contribution is -0.134. The molecule has 3 aromatic rings. The van der Waals surface area contributed by atoms with Gasteiger partial charge in [0.2, 0.25) is 0 Å². The number of amides is 1. The average Bonchev–Trinajstić information content (AvgIpc) is 3.22. The van der Waals surface area contributed by atoms with Gasteiger partial charge in [0, 0.05) is 6.54 Å². The van der Waals surface area contributed by atoms with Crippen LogP contribution in [0.5, 0.6) is 11.5 Å². The van der Waals surface area contributed by atoms with E-state index in [9.17, 15) is 4.79 Å². The molecule has 1 aliphatic heterocycles. The van der Waals surface area contributed by atoms with Gasteiger partial charge in [0.25, 0.3) is 5.91 Å². The van der Waals surface area contributed by atoms with Crippen LogP contribution in [0.15, 0.2) is 66.7 Å². The van der Waals surface area contributed by atoms with E-state index in [1.807, 2.05) is 59.5 Å². The Morgan fingerprint density at radius 2 is 1.85 bits per heavy atom. The summed E-state index contributed by atoms with van der Waals surface area (Å²) in [6, 6.07) is 22.1. The Balaban J connectivity index is 1.44. The Bertz CT molecular complexity index is 953. The number of rotatable bonds is 5. The fraction of sp³-hybridized carbons (Fsp3) is 0.261. The van der Waals surface area contributed by atoms with Crippen LogP contribution in [0.4, 0.5) is 0 Å². The number of benzene rings is 3. The van der Waals surface area contributed by atoms with Gasteiger partial charge in [-0.05, 0) is 53.4 Å². The number of hydrogen-bond acceptors (Lipinski definition) is 3. The van der Waals surface area contributed by atoms with Crippen molar-refractivity contribution in [3.8, 4) is 11.5 Å². The minimum atomic E-state index is 0.0217. The smallest absolute Gasteiger partial charge is 0.261 e. The zero-order chi connectivity index (χ0) is 18.6. The molecule has 0 aliphatic carbocycles. The fourth-order valence-electron chi connectivity index (χ4n) is 3.75. The quantitative estimate of drug-likeness (QED) is 0.667. The molecule has 0 aromatic heterocycles. The minimum absolute atomic E-state index is 0.0217. The van der Waals surface area contributed by atoms with Crippen molar-refractivity contribution in [3.63, 3.8) is 0 Å². The molecule has 0 spiro atoms. The molecular weight excluding hydrogens is 338 g/mol. The van der Waals surface area contributed by atoms with Crippen molar-refractivity contribution in [2.24, 2.45) is 0 Å². The van der Waals surface area contributed by atoms with Gasteiger partial charge in [0.1, 0.15) is 11.5 Å². The van der Waals surface area contributed by atoms with E-state index in [0.29, 0.717) is 0 Å².